The molecule has 2 aromatic rings. The SMILES string of the molecule is CCSc1nnc(SC(C)C(=O)Nc2ccnn2C(C)C)s1. The van der Waals surface area contributed by atoms with E-state index in [1.54, 1.807) is 28.7 Å². The highest BCUT2D eigenvalue weighted by Gasteiger charge is 2.19. The van der Waals surface area contributed by atoms with Gasteiger partial charge in [0.1, 0.15) is 5.82 Å². The van der Waals surface area contributed by atoms with E-state index in [4.69, 9.17) is 0 Å². The average Bonchev–Trinajstić information content (AvgIpc) is 3.08. The summed E-state index contributed by atoms with van der Waals surface area (Å²) in [7, 11) is 0. The maximum atomic E-state index is 12.3. The number of hydrogen-bond acceptors (Lipinski definition) is 7. The third-order valence-electron chi connectivity index (χ3n) is 2.71. The van der Waals surface area contributed by atoms with Crippen LogP contribution in [0.4, 0.5) is 5.82 Å². The molecule has 2 rings (SSSR count). The van der Waals surface area contributed by atoms with Crippen LogP contribution < -0.4 is 5.32 Å². The fourth-order valence-electron chi connectivity index (χ4n) is 1.68. The summed E-state index contributed by atoms with van der Waals surface area (Å²) in [4.78, 5) is 12.3. The second-order valence-corrected chi connectivity index (χ2v) is 8.85. The molecule has 2 heterocycles. The van der Waals surface area contributed by atoms with Crippen molar-refractivity contribution >= 4 is 46.6 Å². The van der Waals surface area contributed by atoms with Gasteiger partial charge >= 0.3 is 0 Å². The first kappa shape index (κ1) is 17.3. The monoisotopic (exact) mass is 357 g/mol. The van der Waals surface area contributed by atoms with Gasteiger partial charge in [0, 0.05) is 12.1 Å². The molecule has 1 unspecified atom stereocenters. The van der Waals surface area contributed by atoms with Crippen molar-refractivity contribution in [1.82, 2.24) is 20.0 Å². The number of nitrogens with one attached hydrogen (secondary N) is 1. The van der Waals surface area contributed by atoms with E-state index in [1.807, 2.05) is 20.8 Å². The van der Waals surface area contributed by atoms with Crippen molar-refractivity contribution in [3.63, 3.8) is 0 Å². The van der Waals surface area contributed by atoms with Gasteiger partial charge in [-0.2, -0.15) is 5.10 Å². The first-order chi connectivity index (χ1) is 10.5. The van der Waals surface area contributed by atoms with E-state index in [9.17, 15) is 4.79 Å². The van der Waals surface area contributed by atoms with E-state index in [2.05, 4.69) is 27.5 Å². The van der Waals surface area contributed by atoms with Crippen LogP contribution >= 0.6 is 34.9 Å². The number of carbonyl (C=O) groups is 1. The summed E-state index contributed by atoms with van der Waals surface area (Å²) in [5, 5.41) is 15.1. The maximum absolute atomic E-state index is 12.3. The summed E-state index contributed by atoms with van der Waals surface area (Å²) >= 11 is 4.61. The van der Waals surface area contributed by atoms with Gasteiger partial charge in [0.05, 0.1) is 11.4 Å². The molecule has 0 aliphatic rings. The third kappa shape index (κ3) is 4.47. The second kappa shape index (κ2) is 7.98. The molecule has 0 radical (unpaired) electrons. The van der Waals surface area contributed by atoms with Gasteiger partial charge in [0.2, 0.25) is 5.91 Å². The molecule has 1 amide bonds. The highest BCUT2D eigenvalue weighted by molar-refractivity contribution is 8.03. The molecule has 6 nitrogen and oxygen atoms in total. The number of nitrogens with zero attached hydrogens (tertiary/aromatic N) is 4. The number of carbonyl (C=O) groups excluding carboxylic acids is 1. The number of amides is 1. The molecule has 0 saturated carbocycles. The van der Waals surface area contributed by atoms with Crippen molar-refractivity contribution in [2.45, 2.75) is 47.7 Å². The highest BCUT2D eigenvalue weighted by Crippen LogP contribution is 2.31. The Morgan fingerprint density at radius 3 is 2.77 bits per heavy atom. The number of anilines is 1. The maximum Gasteiger partial charge on any atom is 0.238 e. The molecule has 0 aromatic carbocycles. The highest BCUT2D eigenvalue weighted by atomic mass is 32.2. The summed E-state index contributed by atoms with van der Waals surface area (Å²) in [6, 6.07) is 2.00. The molecule has 22 heavy (non-hydrogen) atoms. The van der Waals surface area contributed by atoms with Crippen LogP contribution in [-0.4, -0.2) is 36.9 Å². The largest absolute Gasteiger partial charge is 0.310 e. The molecule has 120 valence electrons. The van der Waals surface area contributed by atoms with Gasteiger partial charge in [-0.3, -0.25) is 4.79 Å². The molecular weight excluding hydrogens is 338 g/mol. The van der Waals surface area contributed by atoms with Gasteiger partial charge in [-0.15, -0.1) is 10.2 Å². The topological polar surface area (TPSA) is 72.7 Å². The minimum Gasteiger partial charge on any atom is -0.310 e. The van der Waals surface area contributed by atoms with Crippen LogP contribution in [0.1, 0.15) is 33.7 Å². The van der Waals surface area contributed by atoms with Crippen LogP contribution in [0.2, 0.25) is 0 Å². The van der Waals surface area contributed by atoms with E-state index < -0.39 is 0 Å². The zero-order valence-corrected chi connectivity index (χ0v) is 15.4. The minimum absolute atomic E-state index is 0.0627. The van der Waals surface area contributed by atoms with Gasteiger partial charge in [-0.1, -0.05) is 41.8 Å². The van der Waals surface area contributed by atoms with Crippen LogP contribution in [0.15, 0.2) is 20.9 Å². The van der Waals surface area contributed by atoms with Gasteiger partial charge in [0.25, 0.3) is 0 Å². The lowest BCUT2D eigenvalue weighted by Gasteiger charge is -2.14. The molecule has 0 aliphatic heterocycles. The summed E-state index contributed by atoms with van der Waals surface area (Å²) in [6.45, 7) is 7.99. The molecule has 1 N–H and O–H groups in total. The Kier molecular flexibility index (Phi) is 6.27. The van der Waals surface area contributed by atoms with Crippen molar-refractivity contribution in [2.75, 3.05) is 11.1 Å². The van der Waals surface area contributed by atoms with E-state index in [1.165, 1.54) is 23.1 Å². The molecular formula is C13H19N5OS3. The van der Waals surface area contributed by atoms with Gasteiger partial charge < -0.3 is 5.32 Å². The second-order valence-electron chi connectivity index (χ2n) is 4.77. The van der Waals surface area contributed by atoms with Crippen molar-refractivity contribution in [3.05, 3.63) is 12.3 Å². The van der Waals surface area contributed by atoms with Crippen molar-refractivity contribution in [1.29, 1.82) is 0 Å². The van der Waals surface area contributed by atoms with Gasteiger partial charge in [-0.05, 0) is 26.5 Å². The lowest BCUT2D eigenvalue weighted by atomic mass is 10.4. The van der Waals surface area contributed by atoms with Gasteiger partial charge in [0.15, 0.2) is 8.68 Å². The number of aromatic nitrogens is 4. The molecule has 0 bridgehead atoms. The molecule has 1 atom stereocenters. The Labute approximate surface area is 142 Å². The van der Waals surface area contributed by atoms with Crippen molar-refractivity contribution < 1.29 is 4.79 Å². The summed E-state index contributed by atoms with van der Waals surface area (Å²) in [5.41, 5.74) is 0. The molecule has 0 fully saturated rings. The van der Waals surface area contributed by atoms with E-state index >= 15 is 0 Å². The zero-order valence-electron chi connectivity index (χ0n) is 12.9. The molecule has 2 aromatic heterocycles. The lowest BCUT2D eigenvalue weighted by Crippen LogP contribution is -2.24. The standard InChI is InChI=1S/C13H19N5OS3/c1-5-20-12-16-17-13(22-12)21-9(4)11(19)15-10-6-7-14-18(10)8(2)3/h6-9H,5H2,1-4H3,(H,15,19). The van der Waals surface area contributed by atoms with Crippen LogP contribution in [0.5, 0.6) is 0 Å². The summed E-state index contributed by atoms with van der Waals surface area (Å²) < 4.78 is 3.54. The zero-order chi connectivity index (χ0) is 16.1. The van der Waals surface area contributed by atoms with E-state index in [0.29, 0.717) is 5.82 Å². The predicted octanol–water partition coefficient (Wildman–Crippen LogP) is 3.55. The molecule has 0 spiro atoms. The Morgan fingerprint density at radius 2 is 2.09 bits per heavy atom. The number of rotatable bonds is 7. The number of thioether (sulfide) groups is 2. The van der Waals surface area contributed by atoms with E-state index in [0.717, 1.165) is 14.4 Å². The number of hydrogen-bond donors (Lipinski definition) is 1. The van der Waals surface area contributed by atoms with Crippen LogP contribution in [0.25, 0.3) is 0 Å². The molecule has 0 saturated heterocycles. The first-order valence-electron chi connectivity index (χ1n) is 6.98. The average molecular weight is 358 g/mol. The third-order valence-corrected chi connectivity index (χ3v) is 5.84. The summed E-state index contributed by atoms with van der Waals surface area (Å²) in [5.74, 6) is 1.62. The molecule has 0 aliphatic carbocycles. The minimum atomic E-state index is -0.247. The van der Waals surface area contributed by atoms with Gasteiger partial charge in [-0.25, -0.2) is 4.68 Å². The predicted molar refractivity (Wildman–Crippen MR) is 92.9 cm³/mol. The van der Waals surface area contributed by atoms with Crippen molar-refractivity contribution in [3.8, 4) is 0 Å². The molecule has 9 heteroatoms. The Bertz CT molecular complexity index is 625. The Morgan fingerprint density at radius 1 is 1.36 bits per heavy atom. The van der Waals surface area contributed by atoms with Crippen molar-refractivity contribution in [2.24, 2.45) is 0 Å². The normalized spacial score (nSPS) is 12.6. The van der Waals surface area contributed by atoms with Crippen LogP contribution in [-0.2, 0) is 4.79 Å². The van der Waals surface area contributed by atoms with Crippen LogP contribution in [0.3, 0.4) is 0 Å². The first-order valence-corrected chi connectivity index (χ1v) is 9.66. The lowest BCUT2D eigenvalue weighted by molar-refractivity contribution is -0.115. The smallest absolute Gasteiger partial charge is 0.238 e. The Balaban J connectivity index is 1.95. The Hall–Kier alpha value is -1.06. The summed E-state index contributed by atoms with van der Waals surface area (Å²) in [6.07, 6.45) is 1.69. The fraction of sp³-hybridized carbons (Fsp3) is 0.538. The van der Waals surface area contributed by atoms with Crippen LogP contribution in [0, 0.1) is 0 Å². The quantitative estimate of drug-likeness (QED) is 0.764. The fourth-order valence-corrected chi connectivity index (χ4v) is 4.75. The van der Waals surface area contributed by atoms with E-state index in [-0.39, 0.29) is 17.2 Å².